The van der Waals surface area contributed by atoms with Crippen molar-refractivity contribution in [1.29, 1.82) is 0 Å². The van der Waals surface area contributed by atoms with Gasteiger partial charge in [0.2, 0.25) is 0 Å². The number of nitrogen functional groups attached to an aromatic ring is 1. The number of benzene rings is 1. The average molecular weight is 221 g/mol. The number of nitrogens with two attached hydrogens (primary N) is 1. The molecule has 0 radical (unpaired) electrons. The third-order valence-electron chi connectivity index (χ3n) is 2.28. The molecule has 1 aromatic rings. The molecule has 0 saturated heterocycles. The monoisotopic (exact) mass is 221 g/mol. The molecule has 0 aromatic heterocycles. The first-order valence-corrected chi connectivity index (χ1v) is 5.18. The van der Waals surface area contributed by atoms with E-state index < -0.39 is 5.97 Å². The molecule has 0 aliphatic rings. The smallest absolute Gasteiger partial charge is 0.336 e. The van der Waals surface area contributed by atoms with Gasteiger partial charge in [0, 0.05) is 18.5 Å². The quantitative estimate of drug-likeness (QED) is 0.744. The van der Waals surface area contributed by atoms with E-state index in [1.54, 1.807) is 12.1 Å². The fourth-order valence-corrected chi connectivity index (χ4v) is 1.53. The first-order chi connectivity index (χ1) is 7.54. The van der Waals surface area contributed by atoms with Crippen molar-refractivity contribution in [1.82, 2.24) is 0 Å². The van der Waals surface area contributed by atoms with Gasteiger partial charge in [-0.15, -0.1) is 0 Å². The number of aromatic carboxylic acids is 1. The number of Topliss-reactive ketones (excluding diaryl/α,β-unsaturated/α-hetero) is 1. The molecule has 86 valence electrons. The van der Waals surface area contributed by atoms with E-state index >= 15 is 0 Å². The maximum Gasteiger partial charge on any atom is 0.336 e. The van der Waals surface area contributed by atoms with Crippen LogP contribution in [-0.2, 0) is 11.2 Å². The van der Waals surface area contributed by atoms with Crippen LogP contribution in [0.15, 0.2) is 18.2 Å². The van der Waals surface area contributed by atoms with Crippen molar-refractivity contribution in [2.24, 2.45) is 0 Å². The van der Waals surface area contributed by atoms with Crippen LogP contribution in [0.2, 0.25) is 0 Å². The molecule has 4 nitrogen and oxygen atoms in total. The normalized spacial score (nSPS) is 10.1. The number of ketones is 1. The predicted molar refractivity (Wildman–Crippen MR) is 61.4 cm³/mol. The van der Waals surface area contributed by atoms with Gasteiger partial charge in [-0.2, -0.15) is 0 Å². The Morgan fingerprint density at radius 1 is 1.38 bits per heavy atom. The van der Waals surface area contributed by atoms with E-state index in [0.717, 1.165) is 6.42 Å². The standard InChI is InChI=1S/C12H15NO3/c1-2-3-10(14)6-8-4-5-9(13)7-11(8)12(15)16/h4-5,7H,2-3,6,13H2,1H3,(H,15,16). The third-order valence-corrected chi connectivity index (χ3v) is 2.28. The van der Waals surface area contributed by atoms with Crippen LogP contribution in [-0.4, -0.2) is 16.9 Å². The summed E-state index contributed by atoms with van der Waals surface area (Å²) in [6, 6.07) is 4.60. The molecule has 0 atom stereocenters. The number of rotatable bonds is 5. The van der Waals surface area contributed by atoms with Gasteiger partial charge >= 0.3 is 5.97 Å². The number of carbonyl (C=O) groups is 2. The Labute approximate surface area is 94.1 Å². The van der Waals surface area contributed by atoms with Gasteiger partial charge in [0.15, 0.2) is 0 Å². The summed E-state index contributed by atoms with van der Waals surface area (Å²) in [6.45, 7) is 1.92. The lowest BCUT2D eigenvalue weighted by molar-refractivity contribution is -0.118. The molecule has 0 heterocycles. The Balaban J connectivity index is 2.95. The summed E-state index contributed by atoms with van der Waals surface area (Å²) in [6.07, 6.45) is 1.41. The van der Waals surface area contributed by atoms with Crippen LogP contribution < -0.4 is 5.73 Å². The van der Waals surface area contributed by atoms with Crippen LogP contribution >= 0.6 is 0 Å². The summed E-state index contributed by atoms with van der Waals surface area (Å²) in [5.74, 6) is -0.999. The van der Waals surface area contributed by atoms with Gasteiger partial charge in [-0.25, -0.2) is 4.79 Å². The molecule has 1 aromatic carbocycles. The van der Waals surface area contributed by atoms with Gasteiger partial charge in [-0.3, -0.25) is 4.79 Å². The van der Waals surface area contributed by atoms with E-state index in [0.29, 0.717) is 17.7 Å². The Morgan fingerprint density at radius 3 is 2.62 bits per heavy atom. The van der Waals surface area contributed by atoms with Crippen LogP contribution in [0.25, 0.3) is 0 Å². The minimum atomic E-state index is -1.05. The summed E-state index contributed by atoms with van der Waals surface area (Å²) >= 11 is 0. The number of carboxylic acids is 1. The van der Waals surface area contributed by atoms with E-state index in [4.69, 9.17) is 10.8 Å². The molecule has 3 N–H and O–H groups in total. The number of carbonyl (C=O) groups excluding carboxylic acids is 1. The second kappa shape index (κ2) is 5.30. The van der Waals surface area contributed by atoms with Crippen LogP contribution in [0.3, 0.4) is 0 Å². The molecule has 0 amide bonds. The number of hydrogen-bond donors (Lipinski definition) is 2. The highest BCUT2D eigenvalue weighted by Gasteiger charge is 2.12. The Bertz CT molecular complexity index is 413. The van der Waals surface area contributed by atoms with Crippen molar-refractivity contribution >= 4 is 17.4 Å². The molecule has 4 heteroatoms. The Morgan fingerprint density at radius 2 is 2.06 bits per heavy atom. The van der Waals surface area contributed by atoms with Gasteiger partial charge in [-0.05, 0) is 24.1 Å². The van der Waals surface area contributed by atoms with E-state index in [-0.39, 0.29) is 17.8 Å². The average Bonchev–Trinajstić information content (AvgIpc) is 2.20. The topological polar surface area (TPSA) is 80.4 Å². The zero-order valence-electron chi connectivity index (χ0n) is 9.19. The molecule has 0 saturated carbocycles. The highest BCUT2D eigenvalue weighted by atomic mass is 16.4. The molecule has 0 aliphatic carbocycles. The van der Waals surface area contributed by atoms with E-state index in [1.807, 2.05) is 6.92 Å². The molecular formula is C12H15NO3. The van der Waals surface area contributed by atoms with Crippen molar-refractivity contribution < 1.29 is 14.7 Å². The maximum absolute atomic E-state index is 11.4. The Hall–Kier alpha value is -1.84. The second-order valence-electron chi connectivity index (χ2n) is 3.69. The van der Waals surface area contributed by atoms with Crippen LogP contribution in [0.4, 0.5) is 5.69 Å². The molecular weight excluding hydrogens is 206 g/mol. The van der Waals surface area contributed by atoms with Gasteiger partial charge in [0.1, 0.15) is 5.78 Å². The van der Waals surface area contributed by atoms with Crippen LogP contribution in [0.5, 0.6) is 0 Å². The van der Waals surface area contributed by atoms with E-state index in [1.165, 1.54) is 6.07 Å². The summed E-state index contributed by atoms with van der Waals surface area (Å²) in [5.41, 5.74) is 6.54. The third kappa shape index (κ3) is 3.08. The lowest BCUT2D eigenvalue weighted by atomic mass is 10.00. The predicted octanol–water partition coefficient (Wildman–Crippen LogP) is 1.88. The molecule has 0 spiro atoms. The highest BCUT2D eigenvalue weighted by molar-refractivity contribution is 5.93. The zero-order valence-corrected chi connectivity index (χ0v) is 9.19. The molecule has 0 fully saturated rings. The maximum atomic E-state index is 11.4. The summed E-state index contributed by atoms with van der Waals surface area (Å²) in [5, 5.41) is 8.97. The van der Waals surface area contributed by atoms with Crippen molar-refractivity contribution in [3.63, 3.8) is 0 Å². The fourth-order valence-electron chi connectivity index (χ4n) is 1.53. The lowest BCUT2D eigenvalue weighted by Crippen LogP contribution is -2.09. The van der Waals surface area contributed by atoms with Crippen molar-refractivity contribution in [2.45, 2.75) is 26.2 Å². The lowest BCUT2D eigenvalue weighted by Gasteiger charge is -2.06. The van der Waals surface area contributed by atoms with E-state index in [9.17, 15) is 9.59 Å². The first-order valence-electron chi connectivity index (χ1n) is 5.18. The fraction of sp³-hybridized carbons (Fsp3) is 0.333. The molecule has 0 aliphatic heterocycles. The van der Waals surface area contributed by atoms with Crippen molar-refractivity contribution in [3.8, 4) is 0 Å². The van der Waals surface area contributed by atoms with Gasteiger partial charge in [0.05, 0.1) is 5.56 Å². The second-order valence-corrected chi connectivity index (χ2v) is 3.69. The van der Waals surface area contributed by atoms with Crippen molar-refractivity contribution in [2.75, 3.05) is 5.73 Å². The minimum absolute atomic E-state index is 0.0507. The van der Waals surface area contributed by atoms with Gasteiger partial charge < -0.3 is 10.8 Å². The highest BCUT2D eigenvalue weighted by Crippen LogP contribution is 2.15. The summed E-state index contributed by atoms with van der Waals surface area (Å²) in [7, 11) is 0. The van der Waals surface area contributed by atoms with Crippen molar-refractivity contribution in [3.05, 3.63) is 29.3 Å². The number of anilines is 1. The molecule has 16 heavy (non-hydrogen) atoms. The summed E-state index contributed by atoms with van der Waals surface area (Å²) < 4.78 is 0. The summed E-state index contributed by atoms with van der Waals surface area (Å²) in [4.78, 5) is 22.4. The molecule has 0 bridgehead atoms. The van der Waals surface area contributed by atoms with Gasteiger partial charge in [-0.1, -0.05) is 13.0 Å². The zero-order chi connectivity index (χ0) is 12.1. The molecule has 1 rings (SSSR count). The SMILES string of the molecule is CCCC(=O)Cc1ccc(N)cc1C(=O)O. The molecule has 0 unspecified atom stereocenters. The minimum Gasteiger partial charge on any atom is -0.478 e. The van der Waals surface area contributed by atoms with E-state index in [2.05, 4.69) is 0 Å². The number of carboxylic acid groups (broad SMARTS) is 1. The Kier molecular flexibility index (Phi) is 4.05. The van der Waals surface area contributed by atoms with Crippen LogP contribution in [0, 0.1) is 0 Å². The van der Waals surface area contributed by atoms with Gasteiger partial charge in [0.25, 0.3) is 0 Å². The first kappa shape index (κ1) is 12.2. The number of hydrogen-bond acceptors (Lipinski definition) is 3. The van der Waals surface area contributed by atoms with Crippen LogP contribution in [0.1, 0.15) is 35.7 Å². The largest absolute Gasteiger partial charge is 0.478 e.